The molecule has 33 heavy (non-hydrogen) atoms. The van der Waals surface area contributed by atoms with Crippen LogP contribution in [-0.4, -0.2) is 45.2 Å². The van der Waals surface area contributed by atoms with Crippen LogP contribution in [0.25, 0.3) is 22.5 Å². The van der Waals surface area contributed by atoms with E-state index in [4.69, 9.17) is 5.73 Å². The number of hydrogen-bond acceptors (Lipinski definition) is 6. The normalized spacial score (nSPS) is 11.9. The van der Waals surface area contributed by atoms with Gasteiger partial charge in [-0.05, 0) is 31.5 Å². The number of aromatic nitrogens is 4. The van der Waals surface area contributed by atoms with E-state index < -0.39 is 0 Å². The van der Waals surface area contributed by atoms with Gasteiger partial charge in [-0.3, -0.25) is 19.7 Å². The van der Waals surface area contributed by atoms with Crippen LogP contribution in [0.15, 0.2) is 42.7 Å². The van der Waals surface area contributed by atoms with Crippen molar-refractivity contribution in [3.63, 3.8) is 0 Å². The standard InChI is InChI=1S/C23H32N8O2/c1-25-27-15-22(33)28-19(6-4-3-5-7-21(24)32)23-26-14-20(29-23)17-10-8-16(9-11-17)18-12-13-31(2)30-18/h8-14,19,25,27H,3-7,15H2,1-2H3,(H2,24,32)(H,26,29)(H,28,33)/t19-/m0/s1. The number of aryl methyl sites for hydroxylation is 1. The van der Waals surface area contributed by atoms with Crippen molar-refractivity contribution in [1.82, 2.24) is 35.9 Å². The van der Waals surface area contributed by atoms with Crippen LogP contribution in [0.3, 0.4) is 0 Å². The van der Waals surface area contributed by atoms with Crippen molar-refractivity contribution in [1.29, 1.82) is 0 Å². The van der Waals surface area contributed by atoms with Crippen molar-refractivity contribution in [3.8, 4) is 22.5 Å². The Kier molecular flexibility index (Phi) is 8.73. The van der Waals surface area contributed by atoms with Crippen molar-refractivity contribution in [2.24, 2.45) is 12.8 Å². The van der Waals surface area contributed by atoms with Gasteiger partial charge in [0.25, 0.3) is 0 Å². The fourth-order valence-corrected chi connectivity index (χ4v) is 3.57. The van der Waals surface area contributed by atoms with Gasteiger partial charge in [-0.15, -0.1) is 0 Å². The lowest BCUT2D eigenvalue weighted by atomic mass is 10.1. The van der Waals surface area contributed by atoms with Crippen molar-refractivity contribution in [3.05, 3.63) is 48.5 Å². The van der Waals surface area contributed by atoms with E-state index in [0.717, 1.165) is 41.8 Å². The highest BCUT2D eigenvalue weighted by atomic mass is 16.2. The van der Waals surface area contributed by atoms with Crippen molar-refractivity contribution in [2.75, 3.05) is 13.6 Å². The van der Waals surface area contributed by atoms with E-state index in [1.54, 1.807) is 17.9 Å². The molecule has 10 heteroatoms. The molecule has 0 aliphatic rings. The number of nitrogens with two attached hydrogens (primary N) is 1. The van der Waals surface area contributed by atoms with E-state index in [-0.39, 0.29) is 24.4 Å². The van der Waals surface area contributed by atoms with Crippen LogP contribution < -0.4 is 21.9 Å². The number of H-pyrrole nitrogens is 1. The van der Waals surface area contributed by atoms with E-state index in [1.807, 2.05) is 43.6 Å². The summed E-state index contributed by atoms with van der Waals surface area (Å²) < 4.78 is 1.78. The number of nitrogens with zero attached hydrogens (tertiary/aromatic N) is 3. The van der Waals surface area contributed by atoms with E-state index in [9.17, 15) is 9.59 Å². The molecule has 0 aliphatic carbocycles. The fourth-order valence-electron chi connectivity index (χ4n) is 3.57. The largest absolute Gasteiger partial charge is 0.370 e. The van der Waals surface area contributed by atoms with Gasteiger partial charge in [0.15, 0.2) is 0 Å². The predicted molar refractivity (Wildman–Crippen MR) is 126 cm³/mol. The molecule has 0 unspecified atom stereocenters. The Morgan fingerprint density at radius 1 is 1.12 bits per heavy atom. The van der Waals surface area contributed by atoms with Gasteiger partial charge >= 0.3 is 0 Å². The number of aromatic amines is 1. The van der Waals surface area contributed by atoms with Gasteiger partial charge < -0.3 is 16.0 Å². The first-order chi connectivity index (χ1) is 16.0. The first-order valence-corrected chi connectivity index (χ1v) is 11.1. The maximum Gasteiger partial charge on any atom is 0.235 e. The summed E-state index contributed by atoms with van der Waals surface area (Å²) >= 11 is 0. The number of primary amides is 1. The van der Waals surface area contributed by atoms with Crippen LogP contribution in [0.2, 0.25) is 0 Å². The summed E-state index contributed by atoms with van der Waals surface area (Å²) in [5.74, 6) is 0.276. The number of hydrogen-bond donors (Lipinski definition) is 5. The minimum absolute atomic E-state index is 0.135. The Bertz CT molecular complexity index is 1040. The highest BCUT2D eigenvalue weighted by Gasteiger charge is 2.18. The van der Waals surface area contributed by atoms with Gasteiger partial charge in [-0.2, -0.15) is 5.10 Å². The second kappa shape index (κ2) is 11.9. The second-order valence-corrected chi connectivity index (χ2v) is 7.92. The number of amides is 2. The zero-order valence-corrected chi connectivity index (χ0v) is 19.1. The number of carbonyl (C=O) groups excluding carboxylic acids is 2. The molecule has 1 aromatic carbocycles. The number of rotatable bonds is 13. The molecule has 0 saturated carbocycles. The third kappa shape index (κ3) is 7.26. The molecule has 10 nitrogen and oxygen atoms in total. The van der Waals surface area contributed by atoms with Gasteiger partial charge in [-0.25, -0.2) is 10.4 Å². The molecule has 0 aliphatic heterocycles. The lowest BCUT2D eigenvalue weighted by Crippen LogP contribution is -2.40. The van der Waals surface area contributed by atoms with Crippen molar-refractivity contribution in [2.45, 2.75) is 38.1 Å². The molecule has 0 bridgehead atoms. The van der Waals surface area contributed by atoms with E-state index in [2.05, 4.69) is 31.2 Å². The molecule has 0 saturated heterocycles. The molecular formula is C23H32N8O2. The molecule has 2 amide bonds. The highest BCUT2D eigenvalue weighted by molar-refractivity contribution is 5.78. The minimum Gasteiger partial charge on any atom is -0.370 e. The van der Waals surface area contributed by atoms with Crippen LogP contribution in [0.4, 0.5) is 0 Å². The third-order valence-electron chi connectivity index (χ3n) is 5.31. The average molecular weight is 453 g/mol. The number of imidazole rings is 1. The third-order valence-corrected chi connectivity index (χ3v) is 5.31. The van der Waals surface area contributed by atoms with Crippen LogP contribution >= 0.6 is 0 Å². The monoisotopic (exact) mass is 452 g/mol. The zero-order valence-electron chi connectivity index (χ0n) is 19.1. The van der Waals surface area contributed by atoms with Gasteiger partial charge in [0.1, 0.15) is 5.82 Å². The molecule has 1 atom stereocenters. The van der Waals surface area contributed by atoms with Crippen molar-refractivity contribution < 1.29 is 9.59 Å². The van der Waals surface area contributed by atoms with Crippen LogP contribution in [-0.2, 0) is 16.6 Å². The molecule has 2 aromatic heterocycles. The quantitative estimate of drug-likeness (QED) is 0.198. The summed E-state index contributed by atoms with van der Waals surface area (Å²) in [7, 11) is 3.60. The fraction of sp³-hybridized carbons (Fsp3) is 0.391. The number of hydrazine groups is 1. The highest BCUT2D eigenvalue weighted by Crippen LogP contribution is 2.25. The van der Waals surface area contributed by atoms with Crippen LogP contribution in [0.5, 0.6) is 0 Å². The maximum atomic E-state index is 12.3. The summed E-state index contributed by atoms with van der Waals surface area (Å²) in [5.41, 5.74) is 14.6. The summed E-state index contributed by atoms with van der Waals surface area (Å²) in [4.78, 5) is 31.1. The van der Waals surface area contributed by atoms with Gasteiger partial charge in [0.2, 0.25) is 11.8 Å². The molecule has 3 rings (SSSR count). The van der Waals surface area contributed by atoms with E-state index >= 15 is 0 Å². The first kappa shape index (κ1) is 24.1. The number of carbonyl (C=O) groups is 2. The molecule has 0 spiro atoms. The van der Waals surface area contributed by atoms with Gasteiger partial charge in [0.05, 0.1) is 30.2 Å². The molecule has 0 radical (unpaired) electrons. The Hall–Kier alpha value is -3.50. The predicted octanol–water partition coefficient (Wildman–Crippen LogP) is 1.79. The topological polar surface area (TPSA) is 143 Å². The van der Waals surface area contributed by atoms with Crippen LogP contribution in [0.1, 0.15) is 44.0 Å². The summed E-state index contributed by atoms with van der Waals surface area (Å²) in [6.07, 6.45) is 7.21. The maximum absolute atomic E-state index is 12.3. The Morgan fingerprint density at radius 3 is 2.55 bits per heavy atom. The minimum atomic E-state index is -0.289. The Labute approximate surface area is 193 Å². The van der Waals surface area contributed by atoms with E-state index in [0.29, 0.717) is 18.7 Å². The van der Waals surface area contributed by atoms with Gasteiger partial charge in [-0.1, -0.05) is 37.1 Å². The van der Waals surface area contributed by atoms with Crippen molar-refractivity contribution >= 4 is 11.8 Å². The first-order valence-electron chi connectivity index (χ1n) is 11.1. The molecule has 2 heterocycles. The summed E-state index contributed by atoms with van der Waals surface area (Å²) in [6, 6.07) is 9.82. The SMILES string of the molecule is CNNCC(=O)N[C@@H](CCCCCC(N)=O)c1ncc(-c2ccc(-c3ccn(C)n3)cc2)[nH]1. The smallest absolute Gasteiger partial charge is 0.235 e. The molecule has 3 aromatic rings. The second-order valence-electron chi connectivity index (χ2n) is 7.92. The lowest BCUT2D eigenvalue weighted by Gasteiger charge is -2.17. The number of unbranched alkanes of at least 4 members (excludes halogenated alkanes) is 2. The number of benzene rings is 1. The molecular weight excluding hydrogens is 420 g/mol. The summed E-state index contributed by atoms with van der Waals surface area (Å²) in [6.45, 7) is 0.150. The molecule has 176 valence electrons. The molecule has 6 N–H and O–H groups in total. The zero-order chi connectivity index (χ0) is 23.6. The Balaban J connectivity index is 1.68. The lowest BCUT2D eigenvalue weighted by molar-refractivity contribution is -0.121. The summed E-state index contributed by atoms with van der Waals surface area (Å²) in [5, 5.41) is 7.46. The Morgan fingerprint density at radius 2 is 1.88 bits per heavy atom. The van der Waals surface area contributed by atoms with Gasteiger partial charge in [0, 0.05) is 25.2 Å². The van der Waals surface area contributed by atoms with Crippen LogP contribution in [0, 0.1) is 0 Å². The van der Waals surface area contributed by atoms with E-state index in [1.165, 1.54) is 0 Å². The molecule has 0 fully saturated rings. The number of nitrogens with one attached hydrogen (secondary N) is 4. The average Bonchev–Trinajstić information content (AvgIpc) is 3.46.